The number of aromatic hydroxyl groups is 1. The normalized spacial score (nSPS) is 21.9. The van der Waals surface area contributed by atoms with E-state index in [0.717, 1.165) is 125 Å². The first-order valence-corrected chi connectivity index (χ1v) is 21.8. The molecule has 4 saturated heterocycles. The van der Waals surface area contributed by atoms with Gasteiger partial charge in [0.1, 0.15) is 11.6 Å². The van der Waals surface area contributed by atoms with Crippen molar-refractivity contribution in [2.24, 2.45) is 0 Å². The van der Waals surface area contributed by atoms with Gasteiger partial charge < -0.3 is 59.0 Å². The van der Waals surface area contributed by atoms with Gasteiger partial charge in [-0.2, -0.15) is 9.97 Å². The summed E-state index contributed by atoms with van der Waals surface area (Å²) in [6, 6.07) is 12.2. The van der Waals surface area contributed by atoms with Crippen molar-refractivity contribution in [3.8, 4) is 11.8 Å². The summed E-state index contributed by atoms with van der Waals surface area (Å²) in [4.78, 5) is 33.2. The number of nitrogens with one attached hydrogen (secondary N) is 1. The Morgan fingerprint density at radius 1 is 0.867 bits per heavy atom. The average molecular weight is 833 g/mol. The van der Waals surface area contributed by atoms with E-state index in [9.17, 15) is 9.90 Å². The molecule has 0 bridgehead atoms. The molecule has 3 aromatic rings. The van der Waals surface area contributed by atoms with Crippen molar-refractivity contribution in [2.45, 2.75) is 63.4 Å². The smallest absolute Gasteiger partial charge is 0.318 e. The highest BCUT2D eigenvalue weighted by Gasteiger charge is 2.29. The van der Waals surface area contributed by atoms with Crippen molar-refractivity contribution in [3.05, 3.63) is 60.3 Å². The molecule has 4 fully saturated rings. The molecule has 5 aliphatic rings. The van der Waals surface area contributed by atoms with E-state index in [-0.39, 0.29) is 11.7 Å². The summed E-state index contributed by atoms with van der Waals surface area (Å²) < 4.78 is 21.9. The van der Waals surface area contributed by atoms with Crippen LogP contribution in [0.2, 0.25) is 0 Å². The number of phenols is 1. The second-order valence-electron chi connectivity index (χ2n) is 16.2. The SMILES string of the molecule is C=CC(=O)N1CCN(c2nc(OCCCN3CCC(OC)C3)nc3c2CCN(c2cc(O)cc4ccccc24)C3)CC1.COC1CCN(CCCO)C1.COC1CCNC1. The largest absolute Gasteiger partial charge is 0.508 e. The molecule has 60 heavy (non-hydrogen) atoms. The Morgan fingerprint density at radius 2 is 1.57 bits per heavy atom. The lowest BCUT2D eigenvalue weighted by Gasteiger charge is -2.38. The number of carbonyl (C=O) groups is 1. The number of aromatic nitrogens is 2. The van der Waals surface area contributed by atoms with E-state index in [4.69, 9.17) is 34.0 Å². The number of hydrogen-bond acceptors (Lipinski definition) is 14. The van der Waals surface area contributed by atoms with Crippen LogP contribution in [0.5, 0.6) is 11.8 Å². The number of carbonyl (C=O) groups excluding carboxylic acids is 1. The molecular weight excluding hydrogens is 765 g/mol. The van der Waals surface area contributed by atoms with Gasteiger partial charge in [0, 0.05) is 129 Å². The maximum Gasteiger partial charge on any atom is 0.318 e. The van der Waals surface area contributed by atoms with E-state index >= 15 is 0 Å². The van der Waals surface area contributed by atoms with Gasteiger partial charge in [0.05, 0.1) is 37.2 Å². The maximum atomic E-state index is 12.2. The summed E-state index contributed by atoms with van der Waals surface area (Å²) in [7, 11) is 5.31. The minimum atomic E-state index is -0.0350. The van der Waals surface area contributed by atoms with Crippen LogP contribution in [0.4, 0.5) is 11.5 Å². The molecule has 3 N–H and O–H groups in total. The molecule has 3 atom stereocenters. The summed E-state index contributed by atoms with van der Waals surface area (Å²) >= 11 is 0. The second-order valence-corrected chi connectivity index (χ2v) is 16.2. The lowest BCUT2D eigenvalue weighted by molar-refractivity contribution is -0.126. The third-order valence-electron chi connectivity index (χ3n) is 12.2. The van der Waals surface area contributed by atoms with E-state index < -0.39 is 0 Å². The van der Waals surface area contributed by atoms with Gasteiger partial charge >= 0.3 is 6.01 Å². The molecule has 5 aliphatic heterocycles. The number of ether oxygens (including phenoxy) is 4. The summed E-state index contributed by atoms with van der Waals surface area (Å²) in [5.74, 6) is 1.12. The van der Waals surface area contributed by atoms with Gasteiger partial charge in [0.2, 0.25) is 5.91 Å². The van der Waals surface area contributed by atoms with Crippen molar-refractivity contribution in [3.63, 3.8) is 0 Å². The van der Waals surface area contributed by atoms with E-state index in [0.29, 0.717) is 70.3 Å². The molecule has 0 radical (unpaired) electrons. The van der Waals surface area contributed by atoms with Gasteiger partial charge in [-0.3, -0.25) is 4.79 Å². The zero-order chi connectivity index (χ0) is 42.3. The Labute approximate surface area is 356 Å². The Bertz CT molecular complexity index is 1800. The highest BCUT2D eigenvalue weighted by Crippen LogP contribution is 2.36. The number of likely N-dealkylation sites (tertiary alicyclic amines) is 2. The highest BCUT2D eigenvalue weighted by molar-refractivity contribution is 5.95. The molecule has 3 unspecified atom stereocenters. The fourth-order valence-electron chi connectivity index (χ4n) is 8.69. The van der Waals surface area contributed by atoms with Crippen LogP contribution in [-0.2, 0) is 32.0 Å². The van der Waals surface area contributed by atoms with Gasteiger partial charge in [-0.05, 0) is 62.6 Å². The number of phenolic OH excluding ortho intramolecular Hbond substituents is 1. The predicted molar refractivity (Wildman–Crippen MR) is 235 cm³/mol. The number of fused-ring (bicyclic) bond motifs is 2. The third kappa shape index (κ3) is 12.5. The Balaban J connectivity index is 0.000000276. The summed E-state index contributed by atoms with van der Waals surface area (Å²) in [6.07, 6.45) is 8.55. The molecule has 8 rings (SSSR count). The van der Waals surface area contributed by atoms with Crippen LogP contribution < -0.4 is 19.9 Å². The van der Waals surface area contributed by atoms with E-state index in [1.54, 1.807) is 27.4 Å². The van der Waals surface area contributed by atoms with Crippen LogP contribution in [0.1, 0.15) is 43.4 Å². The summed E-state index contributed by atoms with van der Waals surface area (Å²) in [5.41, 5.74) is 3.07. The van der Waals surface area contributed by atoms with Crippen molar-refractivity contribution in [1.29, 1.82) is 0 Å². The standard InChI is InChI=1S/C32H40N6O4.C8H17NO2.C5H11NO/c1-3-30(40)36-14-16-37(17-15-36)31-27-10-13-38(29-20-24(39)19-23-7-4-5-8-26(23)29)22-28(27)33-32(34-31)42-18-6-11-35-12-9-25(21-35)41-2;1-11-8-3-5-9(7-8)4-2-6-10;1-7-5-2-3-6-4-5/h3-5,7-8,19-20,25,39H,1,6,9-18,21-22H2,2H3;8,10H,2-7H2,1H3;5-6H,2-4H2,1H3. The minimum absolute atomic E-state index is 0.0350. The number of methoxy groups -OCH3 is 3. The van der Waals surface area contributed by atoms with Crippen LogP contribution in [0, 0.1) is 0 Å². The summed E-state index contributed by atoms with van der Waals surface area (Å²) in [5, 5.41) is 24.4. The third-order valence-corrected chi connectivity index (χ3v) is 12.2. The minimum Gasteiger partial charge on any atom is -0.508 e. The van der Waals surface area contributed by atoms with Gasteiger partial charge in [-0.25, -0.2) is 0 Å². The van der Waals surface area contributed by atoms with E-state index in [1.807, 2.05) is 29.2 Å². The van der Waals surface area contributed by atoms with Crippen molar-refractivity contribution in [2.75, 3.05) is 129 Å². The number of anilines is 2. The molecule has 15 nitrogen and oxygen atoms in total. The molecule has 0 aliphatic carbocycles. The summed E-state index contributed by atoms with van der Waals surface area (Å²) in [6.45, 7) is 16.8. The fraction of sp³-hybridized carbons (Fsp3) is 0.622. The number of piperazine rings is 1. The molecule has 0 saturated carbocycles. The first-order valence-electron chi connectivity index (χ1n) is 21.8. The molecule has 1 aromatic heterocycles. The number of amides is 1. The lowest BCUT2D eigenvalue weighted by atomic mass is 10.0. The number of benzene rings is 2. The Kier molecular flexibility index (Phi) is 17.6. The zero-order valence-corrected chi connectivity index (χ0v) is 36.1. The zero-order valence-electron chi connectivity index (χ0n) is 36.1. The lowest BCUT2D eigenvalue weighted by Crippen LogP contribution is -2.49. The molecular formula is C45H68N8O7. The number of aliphatic hydroxyl groups excluding tert-OH is 1. The van der Waals surface area contributed by atoms with Crippen LogP contribution in [0.25, 0.3) is 10.8 Å². The Morgan fingerprint density at radius 3 is 2.18 bits per heavy atom. The fourth-order valence-corrected chi connectivity index (χ4v) is 8.69. The van der Waals surface area contributed by atoms with Gasteiger partial charge in [-0.1, -0.05) is 30.8 Å². The Hall–Kier alpha value is -4.09. The van der Waals surface area contributed by atoms with Crippen LogP contribution in [-0.4, -0.2) is 179 Å². The molecule has 6 heterocycles. The number of rotatable bonds is 14. The molecule has 1 amide bonds. The van der Waals surface area contributed by atoms with Crippen molar-refractivity contribution in [1.82, 2.24) is 30.0 Å². The van der Waals surface area contributed by atoms with E-state index in [2.05, 4.69) is 37.6 Å². The molecule has 0 spiro atoms. The molecule has 15 heteroatoms. The van der Waals surface area contributed by atoms with Gasteiger partial charge in [0.25, 0.3) is 0 Å². The number of hydrogen-bond donors (Lipinski definition) is 3. The average Bonchev–Trinajstić information content (AvgIpc) is 4.10. The quantitative estimate of drug-likeness (QED) is 0.161. The van der Waals surface area contributed by atoms with Crippen molar-refractivity contribution >= 4 is 28.2 Å². The second kappa shape index (κ2) is 23.2. The molecule has 330 valence electrons. The highest BCUT2D eigenvalue weighted by atomic mass is 16.5. The topological polar surface area (TPSA) is 148 Å². The van der Waals surface area contributed by atoms with Gasteiger partial charge in [-0.15, -0.1) is 0 Å². The monoisotopic (exact) mass is 833 g/mol. The first kappa shape index (κ1) is 45.4. The van der Waals surface area contributed by atoms with E-state index in [1.165, 1.54) is 12.5 Å². The predicted octanol–water partition coefficient (Wildman–Crippen LogP) is 3.31. The van der Waals surface area contributed by atoms with Crippen LogP contribution >= 0.6 is 0 Å². The maximum absolute atomic E-state index is 12.2. The van der Waals surface area contributed by atoms with Crippen LogP contribution in [0.15, 0.2) is 49.1 Å². The number of aliphatic hydroxyl groups is 1. The van der Waals surface area contributed by atoms with Gasteiger partial charge in [0.15, 0.2) is 0 Å². The van der Waals surface area contributed by atoms with Crippen molar-refractivity contribution < 1.29 is 34.0 Å². The van der Waals surface area contributed by atoms with Crippen LogP contribution in [0.3, 0.4) is 0 Å². The first-order chi connectivity index (χ1) is 29.3. The number of nitrogens with zero attached hydrogens (tertiary/aromatic N) is 7. The molecule has 2 aromatic carbocycles.